The van der Waals surface area contributed by atoms with Gasteiger partial charge in [-0.25, -0.2) is 9.37 Å². The number of nitrogens with one attached hydrogen (secondary N) is 2. The zero-order valence-corrected chi connectivity index (χ0v) is 18.9. The number of aromatic nitrogens is 2. The van der Waals surface area contributed by atoms with Gasteiger partial charge in [-0.1, -0.05) is 36.0 Å². The molecule has 0 fully saturated rings. The molecule has 0 bridgehead atoms. The summed E-state index contributed by atoms with van der Waals surface area (Å²) in [5.74, 6) is -0.244. The van der Waals surface area contributed by atoms with Gasteiger partial charge in [0.1, 0.15) is 5.82 Å². The van der Waals surface area contributed by atoms with Gasteiger partial charge in [0.25, 0.3) is 5.56 Å². The molecule has 0 saturated carbocycles. The number of benzene rings is 2. The fraction of sp³-hybridized carbons (Fsp3) is 0.292. The number of aryl methyl sites for hydroxylation is 1. The maximum atomic E-state index is 13.1. The van der Waals surface area contributed by atoms with E-state index in [0.29, 0.717) is 30.2 Å². The highest BCUT2D eigenvalue weighted by Gasteiger charge is 2.21. The fourth-order valence-corrected chi connectivity index (χ4v) is 4.40. The summed E-state index contributed by atoms with van der Waals surface area (Å²) >= 11 is 1.22. The van der Waals surface area contributed by atoms with E-state index < -0.39 is 0 Å². The third kappa shape index (κ3) is 5.26. The first-order chi connectivity index (χ1) is 15.4. The highest BCUT2D eigenvalue weighted by atomic mass is 32.2. The molecule has 166 valence electrons. The number of fused-ring (bicyclic) bond motifs is 1. The molecule has 0 aliphatic carbocycles. The number of rotatable bonds is 6. The van der Waals surface area contributed by atoms with E-state index in [1.54, 1.807) is 12.1 Å². The van der Waals surface area contributed by atoms with Gasteiger partial charge < -0.3 is 10.3 Å². The molecule has 1 aliphatic rings. The van der Waals surface area contributed by atoms with Crippen LogP contribution in [0.1, 0.15) is 27.9 Å². The zero-order chi connectivity index (χ0) is 22.7. The molecule has 8 heteroatoms. The molecule has 3 aromatic rings. The maximum Gasteiger partial charge on any atom is 0.256 e. The molecule has 4 rings (SSSR count). The summed E-state index contributed by atoms with van der Waals surface area (Å²) in [4.78, 5) is 34.6. The van der Waals surface area contributed by atoms with Gasteiger partial charge in [-0.3, -0.25) is 14.5 Å². The predicted molar refractivity (Wildman–Crippen MR) is 124 cm³/mol. The number of nitrogens with zero attached hydrogens (tertiary/aromatic N) is 2. The number of hydrogen-bond donors (Lipinski definition) is 2. The zero-order valence-electron chi connectivity index (χ0n) is 18.1. The van der Waals surface area contributed by atoms with Gasteiger partial charge in [0.15, 0.2) is 5.16 Å². The number of carbonyl (C=O) groups excluding carboxylic acids is 1. The Kier molecular flexibility index (Phi) is 6.72. The minimum absolute atomic E-state index is 0.144. The molecule has 1 aliphatic heterocycles. The summed E-state index contributed by atoms with van der Waals surface area (Å²) < 4.78 is 13.1. The van der Waals surface area contributed by atoms with Crippen LogP contribution in [0.4, 0.5) is 10.1 Å². The largest absolute Gasteiger partial charge is 0.325 e. The Labute approximate surface area is 190 Å². The molecule has 32 heavy (non-hydrogen) atoms. The van der Waals surface area contributed by atoms with Gasteiger partial charge in [0, 0.05) is 31.7 Å². The van der Waals surface area contributed by atoms with Gasteiger partial charge in [0.2, 0.25) is 5.91 Å². The van der Waals surface area contributed by atoms with Crippen LogP contribution in [0.15, 0.2) is 52.4 Å². The van der Waals surface area contributed by atoms with Crippen LogP contribution in [0.25, 0.3) is 0 Å². The third-order valence-corrected chi connectivity index (χ3v) is 6.54. The van der Waals surface area contributed by atoms with Crippen molar-refractivity contribution in [2.24, 2.45) is 0 Å². The number of halogens is 1. The lowest BCUT2D eigenvalue weighted by atomic mass is 10.1. The van der Waals surface area contributed by atoms with Crippen molar-refractivity contribution in [1.82, 2.24) is 14.9 Å². The van der Waals surface area contributed by atoms with Crippen molar-refractivity contribution in [3.63, 3.8) is 0 Å². The number of hydrogen-bond acceptors (Lipinski definition) is 5. The summed E-state index contributed by atoms with van der Waals surface area (Å²) in [5.41, 5.74) is 5.21. The average Bonchev–Trinajstić information content (AvgIpc) is 2.77. The maximum absolute atomic E-state index is 13.1. The number of amides is 1. The first-order valence-electron chi connectivity index (χ1n) is 10.5. The first kappa shape index (κ1) is 22.2. The minimum atomic E-state index is -0.258. The van der Waals surface area contributed by atoms with Crippen molar-refractivity contribution in [3.05, 3.63) is 86.6 Å². The van der Waals surface area contributed by atoms with Crippen molar-refractivity contribution in [3.8, 4) is 0 Å². The second kappa shape index (κ2) is 9.67. The molecular formula is C24H25FN4O2S. The summed E-state index contributed by atoms with van der Waals surface area (Å²) in [5, 5.41) is 3.38. The van der Waals surface area contributed by atoms with E-state index in [-0.39, 0.29) is 23.0 Å². The van der Waals surface area contributed by atoms with Crippen molar-refractivity contribution >= 4 is 23.4 Å². The highest BCUT2D eigenvalue weighted by Crippen LogP contribution is 2.21. The quantitative estimate of drug-likeness (QED) is 0.439. The Morgan fingerprint density at radius 2 is 2.00 bits per heavy atom. The molecule has 2 N–H and O–H groups in total. The minimum Gasteiger partial charge on any atom is -0.325 e. The van der Waals surface area contributed by atoms with Crippen LogP contribution in [0, 0.1) is 19.7 Å². The first-order valence-corrected chi connectivity index (χ1v) is 11.5. The predicted octanol–water partition coefficient (Wildman–Crippen LogP) is 3.81. The average molecular weight is 453 g/mol. The van der Waals surface area contributed by atoms with Crippen molar-refractivity contribution < 1.29 is 9.18 Å². The number of carbonyl (C=O) groups is 1. The van der Waals surface area contributed by atoms with E-state index in [1.165, 1.54) is 23.9 Å². The molecular weight excluding hydrogens is 427 g/mol. The van der Waals surface area contributed by atoms with Crippen molar-refractivity contribution in [2.75, 3.05) is 17.6 Å². The lowest BCUT2D eigenvalue weighted by molar-refractivity contribution is -0.113. The number of anilines is 1. The number of thioether (sulfide) groups is 1. The van der Waals surface area contributed by atoms with Gasteiger partial charge in [-0.05, 0) is 48.7 Å². The molecule has 0 radical (unpaired) electrons. The van der Waals surface area contributed by atoms with E-state index in [1.807, 2.05) is 32.0 Å². The van der Waals surface area contributed by atoms with Crippen LogP contribution in [-0.2, 0) is 24.3 Å². The second-order valence-electron chi connectivity index (χ2n) is 7.97. The SMILES string of the molecule is Cc1cccc(NC(=O)CSc2nc3c(c(=O)[nH]2)CN(Cc2ccc(F)cc2)CC3)c1C. The molecule has 0 atom stereocenters. The molecule has 2 heterocycles. The second-order valence-corrected chi connectivity index (χ2v) is 8.93. The van der Waals surface area contributed by atoms with E-state index >= 15 is 0 Å². The summed E-state index contributed by atoms with van der Waals surface area (Å²) in [7, 11) is 0. The normalized spacial score (nSPS) is 13.6. The molecule has 0 spiro atoms. The number of aromatic amines is 1. The molecule has 0 unspecified atom stereocenters. The van der Waals surface area contributed by atoms with Crippen LogP contribution < -0.4 is 10.9 Å². The highest BCUT2D eigenvalue weighted by molar-refractivity contribution is 7.99. The smallest absolute Gasteiger partial charge is 0.256 e. The van der Waals surface area contributed by atoms with Gasteiger partial charge in [0.05, 0.1) is 17.0 Å². The molecule has 0 saturated heterocycles. The Hall–Kier alpha value is -2.97. The third-order valence-electron chi connectivity index (χ3n) is 5.66. The Morgan fingerprint density at radius 3 is 2.78 bits per heavy atom. The van der Waals surface area contributed by atoms with Gasteiger partial charge in [-0.15, -0.1) is 0 Å². The Morgan fingerprint density at radius 1 is 1.22 bits per heavy atom. The van der Waals surface area contributed by atoms with E-state index in [2.05, 4.69) is 20.2 Å². The van der Waals surface area contributed by atoms with Crippen molar-refractivity contribution in [2.45, 2.75) is 38.5 Å². The van der Waals surface area contributed by atoms with Crippen LogP contribution in [0.3, 0.4) is 0 Å². The van der Waals surface area contributed by atoms with Crippen LogP contribution >= 0.6 is 11.8 Å². The number of H-pyrrole nitrogens is 1. The molecule has 6 nitrogen and oxygen atoms in total. The van der Waals surface area contributed by atoms with E-state index in [4.69, 9.17) is 0 Å². The van der Waals surface area contributed by atoms with Crippen LogP contribution in [-0.4, -0.2) is 33.1 Å². The molecule has 1 aromatic heterocycles. The Bertz CT molecular complexity index is 1190. The monoisotopic (exact) mass is 452 g/mol. The standard InChI is InChI=1S/C24H25FN4O2S/c1-15-4-3-5-20(16(15)2)26-22(30)14-32-24-27-21-10-11-29(13-19(21)23(31)28-24)12-17-6-8-18(25)9-7-17/h3-9H,10-14H2,1-2H3,(H,26,30)(H,27,28,31). The van der Waals surface area contributed by atoms with E-state index in [0.717, 1.165) is 34.6 Å². The molecule has 2 aromatic carbocycles. The Balaban J connectivity index is 1.37. The summed E-state index contributed by atoms with van der Waals surface area (Å²) in [6, 6.07) is 12.2. The fourth-order valence-electron chi connectivity index (χ4n) is 3.72. The topological polar surface area (TPSA) is 78.1 Å². The van der Waals surface area contributed by atoms with Crippen LogP contribution in [0.2, 0.25) is 0 Å². The van der Waals surface area contributed by atoms with Crippen molar-refractivity contribution in [1.29, 1.82) is 0 Å². The van der Waals surface area contributed by atoms with Gasteiger partial charge in [-0.2, -0.15) is 0 Å². The van der Waals surface area contributed by atoms with Crippen LogP contribution in [0.5, 0.6) is 0 Å². The lowest BCUT2D eigenvalue weighted by Crippen LogP contribution is -2.35. The molecule has 1 amide bonds. The van der Waals surface area contributed by atoms with Gasteiger partial charge >= 0.3 is 0 Å². The summed E-state index contributed by atoms with van der Waals surface area (Å²) in [6.45, 7) is 5.88. The summed E-state index contributed by atoms with van der Waals surface area (Å²) in [6.07, 6.45) is 0.655. The van der Waals surface area contributed by atoms with E-state index in [9.17, 15) is 14.0 Å². The lowest BCUT2D eigenvalue weighted by Gasteiger charge is -2.27.